The van der Waals surface area contributed by atoms with E-state index in [9.17, 15) is 4.79 Å². The van der Waals surface area contributed by atoms with Crippen molar-refractivity contribution in [1.82, 2.24) is 20.0 Å². The van der Waals surface area contributed by atoms with E-state index in [1.54, 1.807) is 24.5 Å². The molecule has 1 amide bonds. The molecule has 1 unspecified atom stereocenters. The van der Waals surface area contributed by atoms with E-state index < -0.39 is 0 Å². The lowest BCUT2D eigenvalue weighted by Crippen LogP contribution is -2.30. The molecule has 3 aromatic rings. The molecule has 0 saturated carbocycles. The molecule has 0 spiro atoms. The van der Waals surface area contributed by atoms with Gasteiger partial charge in [0.05, 0.1) is 0 Å². The number of likely N-dealkylation sites (tertiary alicyclic amines) is 1. The Morgan fingerprint density at radius 1 is 1.16 bits per heavy atom. The number of carbonyl (C=O) groups is 1. The van der Waals surface area contributed by atoms with Gasteiger partial charge in [0.15, 0.2) is 0 Å². The van der Waals surface area contributed by atoms with E-state index >= 15 is 0 Å². The summed E-state index contributed by atoms with van der Waals surface area (Å²) in [6, 6.07) is 11.2. The highest BCUT2D eigenvalue weighted by Crippen LogP contribution is 2.33. The van der Waals surface area contributed by atoms with Gasteiger partial charge in [-0.1, -0.05) is 35.0 Å². The number of hydrogen-bond acceptors (Lipinski definition) is 5. The highest BCUT2D eigenvalue weighted by atomic mass is 16.5. The maximum absolute atomic E-state index is 12.8. The normalized spacial score (nSPS) is 17.0. The molecule has 6 nitrogen and oxygen atoms in total. The largest absolute Gasteiger partial charge is 0.337 e. The molecule has 1 atom stereocenters. The molecule has 25 heavy (non-hydrogen) atoms. The van der Waals surface area contributed by atoms with Gasteiger partial charge in [-0.2, -0.15) is 4.98 Å². The number of rotatable bonds is 3. The van der Waals surface area contributed by atoms with Crippen LogP contribution in [0.4, 0.5) is 0 Å². The highest BCUT2D eigenvalue weighted by molar-refractivity contribution is 5.94. The first-order valence-corrected chi connectivity index (χ1v) is 8.34. The first-order valence-electron chi connectivity index (χ1n) is 8.34. The molecule has 0 N–H and O–H groups in total. The second-order valence-corrected chi connectivity index (χ2v) is 6.21. The van der Waals surface area contributed by atoms with Crippen molar-refractivity contribution in [3.8, 4) is 11.4 Å². The van der Waals surface area contributed by atoms with Gasteiger partial charge < -0.3 is 9.42 Å². The number of carbonyl (C=O) groups excluding carboxylic acids is 1. The summed E-state index contributed by atoms with van der Waals surface area (Å²) < 4.78 is 5.48. The summed E-state index contributed by atoms with van der Waals surface area (Å²) in [5.41, 5.74) is 2.71. The van der Waals surface area contributed by atoms with Gasteiger partial charge in [0.25, 0.3) is 5.91 Å². The van der Waals surface area contributed by atoms with E-state index in [1.165, 1.54) is 5.56 Å². The number of aromatic nitrogens is 3. The van der Waals surface area contributed by atoms with E-state index in [1.807, 2.05) is 36.1 Å². The van der Waals surface area contributed by atoms with Gasteiger partial charge in [-0.3, -0.25) is 9.78 Å². The molecule has 3 heterocycles. The Labute approximate surface area is 145 Å². The smallest absolute Gasteiger partial charge is 0.254 e. The second kappa shape index (κ2) is 6.47. The van der Waals surface area contributed by atoms with Crippen molar-refractivity contribution in [2.45, 2.75) is 25.8 Å². The van der Waals surface area contributed by atoms with E-state index in [4.69, 9.17) is 4.52 Å². The molecule has 6 heteroatoms. The molecule has 1 aliphatic heterocycles. The van der Waals surface area contributed by atoms with Crippen LogP contribution in [-0.4, -0.2) is 32.5 Å². The van der Waals surface area contributed by atoms with Gasteiger partial charge in [0.2, 0.25) is 11.7 Å². The first kappa shape index (κ1) is 15.5. The Bertz CT molecular complexity index is 874. The fraction of sp³-hybridized carbons (Fsp3) is 0.263. The maximum atomic E-state index is 12.8. The molecule has 0 aliphatic carbocycles. The van der Waals surface area contributed by atoms with Crippen LogP contribution in [0.15, 0.2) is 53.3 Å². The van der Waals surface area contributed by atoms with Crippen LogP contribution in [0.5, 0.6) is 0 Å². The lowest BCUT2D eigenvalue weighted by molar-refractivity contribution is 0.0710. The molecular formula is C19H18N4O2. The SMILES string of the molecule is Cc1ccc(-c2noc(C3CCCN3C(=O)c3ccncc3)n2)cc1. The number of amides is 1. The summed E-state index contributed by atoms with van der Waals surface area (Å²) in [6.07, 6.45) is 5.00. The Balaban J connectivity index is 1.59. The number of aryl methyl sites for hydroxylation is 1. The average Bonchev–Trinajstić information content (AvgIpc) is 3.31. The third kappa shape index (κ3) is 3.03. The van der Waals surface area contributed by atoms with E-state index in [0.717, 1.165) is 18.4 Å². The van der Waals surface area contributed by atoms with Crippen molar-refractivity contribution in [2.75, 3.05) is 6.54 Å². The molecular weight excluding hydrogens is 316 g/mol. The second-order valence-electron chi connectivity index (χ2n) is 6.21. The Kier molecular flexibility index (Phi) is 4.01. The summed E-state index contributed by atoms with van der Waals surface area (Å²) in [6.45, 7) is 2.72. The van der Waals surface area contributed by atoms with Crippen molar-refractivity contribution in [3.63, 3.8) is 0 Å². The minimum absolute atomic E-state index is 0.0278. The van der Waals surface area contributed by atoms with Gasteiger partial charge in [-0.05, 0) is 31.9 Å². The summed E-state index contributed by atoms with van der Waals surface area (Å²) in [5, 5.41) is 4.09. The molecule has 1 saturated heterocycles. The minimum atomic E-state index is -0.174. The minimum Gasteiger partial charge on any atom is -0.337 e. The zero-order chi connectivity index (χ0) is 17.2. The topological polar surface area (TPSA) is 72.1 Å². The summed E-state index contributed by atoms with van der Waals surface area (Å²) in [4.78, 5) is 23.1. The van der Waals surface area contributed by atoms with Gasteiger partial charge in [0.1, 0.15) is 6.04 Å². The van der Waals surface area contributed by atoms with Crippen molar-refractivity contribution >= 4 is 5.91 Å². The van der Waals surface area contributed by atoms with Gasteiger partial charge in [-0.15, -0.1) is 0 Å². The van der Waals surface area contributed by atoms with Crippen LogP contribution in [0.25, 0.3) is 11.4 Å². The number of pyridine rings is 1. The van der Waals surface area contributed by atoms with Crippen LogP contribution >= 0.6 is 0 Å². The fourth-order valence-electron chi connectivity index (χ4n) is 3.12. The molecule has 0 bridgehead atoms. The molecule has 126 valence electrons. The van der Waals surface area contributed by atoms with Crippen LogP contribution in [0.2, 0.25) is 0 Å². The Morgan fingerprint density at radius 2 is 1.92 bits per heavy atom. The fourth-order valence-corrected chi connectivity index (χ4v) is 3.12. The standard InChI is InChI=1S/C19H18N4O2/c1-13-4-6-14(7-5-13)17-21-18(25-22-17)16-3-2-12-23(16)19(24)15-8-10-20-11-9-15/h4-11,16H,2-3,12H2,1H3. The van der Waals surface area contributed by atoms with E-state index in [2.05, 4.69) is 15.1 Å². The Morgan fingerprint density at radius 3 is 2.68 bits per heavy atom. The van der Waals surface area contributed by atoms with Crippen molar-refractivity contribution < 1.29 is 9.32 Å². The maximum Gasteiger partial charge on any atom is 0.254 e. The number of benzene rings is 1. The van der Waals surface area contributed by atoms with Gasteiger partial charge >= 0.3 is 0 Å². The molecule has 2 aromatic heterocycles. The van der Waals surface area contributed by atoms with Crippen LogP contribution in [0.1, 0.15) is 40.7 Å². The third-order valence-corrected chi connectivity index (χ3v) is 4.48. The van der Waals surface area contributed by atoms with E-state index in [-0.39, 0.29) is 11.9 Å². The molecule has 1 fully saturated rings. The first-order chi connectivity index (χ1) is 12.2. The van der Waals surface area contributed by atoms with Crippen LogP contribution in [0, 0.1) is 6.92 Å². The zero-order valence-electron chi connectivity index (χ0n) is 13.9. The number of hydrogen-bond donors (Lipinski definition) is 0. The van der Waals surface area contributed by atoms with Crippen LogP contribution in [-0.2, 0) is 0 Å². The van der Waals surface area contributed by atoms with Crippen LogP contribution in [0.3, 0.4) is 0 Å². The monoisotopic (exact) mass is 334 g/mol. The zero-order valence-corrected chi connectivity index (χ0v) is 13.9. The number of nitrogens with zero attached hydrogens (tertiary/aromatic N) is 4. The quantitative estimate of drug-likeness (QED) is 0.734. The molecule has 1 aliphatic rings. The summed E-state index contributed by atoms with van der Waals surface area (Å²) in [5.74, 6) is 1.02. The van der Waals surface area contributed by atoms with Crippen molar-refractivity contribution in [1.29, 1.82) is 0 Å². The van der Waals surface area contributed by atoms with Gasteiger partial charge in [0, 0.05) is 30.1 Å². The van der Waals surface area contributed by atoms with E-state index in [0.29, 0.717) is 23.8 Å². The third-order valence-electron chi connectivity index (χ3n) is 4.48. The lowest BCUT2D eigenvalue weighted by Gasteiger charge is -2.21. The van der Waals surface area contributed by atoms with Crippen molar-refractivity contribution in [3.05, 3.63) is 65.8 Å². The van der Waals surface area contributed by atoms with Crippen LogP contribution < -0.4 is 0 Å². The van der Waals surface area contributed by atoms with Crippen molar-refractivity contribution in [2.24, 2.45) is 0 Å². The predicted molar refractivity (Wildman–Crippen MR) is 91.7 cm³/mol. The summed E-state index contributed by atoms with van der Waals surface area (Å²) in [7, 11) is 0. The lowest BCUT2D eigenvalue weighted by atomic mass is 10.1. The molecule has 0 radical (unpaired) electrons. The Hall–Kier alpha value is -3.02. The highest BCUT2D eigenvalue weighted by Gasteiger charge is 2.34. The predicted octanol–water partition coefficient (Wildman–Crippen LogP) is 3.42. The molecule has 4 rings (SSSR count). The summed E-state index contributed by atoms with van der Waals surface area (Å²) >= 11 is 0. The molecule has 1 aromatic carbocycles. The van der Waals surface area contributed by atoms with Gasteiger partial charge in [-0.25, -0.2) is 0 Å². The average molecular weight is 334 g/mol.